The molecular weight excluding hydrogens is 316 g/mol. The lowest BCUT2D eigenvalue weighted by molar-refractivity contribution is -0.145. The molecule has 3 aliphatic rings. The summed E-state index contributed by atoms with van der Waals surface area (Å²) in [5, 5.41) is 0. The number of allylic oxidation sites excluding steroid dienone is 1. The fraction of sp³-hybridized carbons (Fsp3) is 0.810. The third kappa shape index (κ3) is 3.02. The van der Waals surface area contributed by atoms with Crippen molar-refractivity contribution in [3.05, 3.63) is 12.2 Å². The summed E-state index contributed by atoms with van der Waals surface area (Å²) < 4.78 is 10.3. The van der Waals surface area contributed by atoms with Crippen LogP contribution in [0.2, 0.25) is 0 Å². The topological polar surface area (TPSA) is 52.6 Å². The van der Waals surface area contributed by atoms with Crippen LogP contribution in [0.25, 0.3) is 0 Å². The lowest BCUT2D eigenvalue weighted by Crippen LogP contribution is -2.42. The van der Waals surface area contributed by atoms with E-state index in [4.69, 9.17) is 9.47 Å². The van der Waals surface area contributed by atoms with Crippen LogP contribution in [0.3, 0.4) is 0 Å². The maximum Gasteiger partial charge on any atom is 0.309 e. The van der Waals surface area contributed by atoms with E-state index in [1.165, 1.54) is 25.5 Å². The molecule has 3 fully saturated rings. The second-order valence-corrected chi connectivity index (χ2v) is 9.28. The first-order valence-corrected chi connectivity index (χ1v) is 9.62. The molecule has 0 aromatic heterocycles. The molecule has 0 bridgehead atoms. The Hall–Kier alpha value is -1.32. The first-order chi connectivity index (χ1) is 11.7. The summed E-state index contributed by atoms with van der Waals surface area (Å²) in [5.41, 5.74) is 1.39. The Morgan fingerprint density at radius 1 is 1.28 bits per heavy atom. The van der Waals surface area contributed by atoms with Gasteiger partial charge in [-0.15, -0.1) is 0 Å². The average molecular weight is 348 g/mol. The molecule has 0 spiro atoms. The van der Waals surface area contributed by atoms with Gasteiger partial charge in [0, 0.05) is 5.92 Å². The minimum absolute atomic E-state index is 0.0807. The van der Waals surface area contributed by atoms with Crippen LogP contribution in [0.4, 0.5) is 0 Å². The molecule has 1 heterocycles. The molecule has 140 valence electrons. The molecule has 4 heteroatoms. The third-order valence-electron chi connectivity index (χ3n) is 7.40. The van der Waals surface area contributed by atoms with Crippen LogP contribution in [-0.2, 0) is 19.1 Å². The van der Waals surface area contributed by atoms with E-state index in [0.717, 1.165) is 19.3 Å². The zero-order valence-corrected chi connectivity index (χ0v) is 16.1. The number of carbonyl (C=O) groups excluding carboxylic acids is 2. The van der Waals surface area contributed by atoms with Crippen LogP contribution in [0.15, 0.2) is 12.2 Å². The molecule has 2 aliphatic carbocycles. The van der Waals surface area contributed by atoms with Crippen molar-refractivity contribution in [2.45, 2.75) is 59.3 Å². The Kier molecular flexibility index (Phi) is 4.76. The van der Waals surface area contributed by atoms with Crippen molar-refractivity contribution in [1.29, 1.82) is 0 Å². The highest BCUT2D eigenvalue weighted by Crippen LogP contribution is 2.63. The standard InChI is InChI=1S/C21H32O4/c1-13-7-6-9-20(2,3)15-8-10-21(4,17(13)15)18-14(11-16(22)24-5)12-25-19(18)23/h14-15,17-18H,1,6-12H2,2-5H3. The largest absolute Gasteiger partial charge is 0.469 e. The minimum Gasteiger partial charge on any atom is -0.469 e. The lowest BCUT2D eigenvalue weighted by Gasteiger charge is -2.43. The molecule has 0 aromatic carbocycles. The van der Waals surface area contributed by atoms with Crippen LogP contribution < -0.4 is 0 Å². The smallest absolute Gasteiger partial charge is 0.309 e. The van der Waals surface area contributed by atoms with Gasteiger partial charge in [0.25, 0.3) is 0 Å². The second kappa shape index (κ2) is 6.44. The summed E-state index contributed by atoms with van der Waals surface area (Å²) in [4.78, 5) is 24.5. The number of esters is 2. The van der Waals surface area contributed by atoms with Crippen LogP contribution >= 0.6 is 0 Å². The van der Waals surface area contributed by atoms with Crippen LogP contribution in [0, 0.1) is 34.5 Å². The minimum atomic E-state index is -0.258. The highest BCUT2D eigenvalue weighted by molar-refractivity contribution is 5.78. The Bertz CT molecular complexity index is 578. The van der Waals surface area contributed by atoms with Crippen molar-refractivity contribution in [2.75, 3.05) is 13.7 Å². The predicted molar refractivity (Wildman–Crippen MR) is 95.7 cm³/mol. The number of cyclic esters (lactones) is 1. The van der Waals surface area contributed by atoms with Crippen molar-refractivity contribution >= 4 is 11.9 Å². The van der Waals surface area contributed by atoms with Gasteiger partial charge in [-0.1, -0.05) is 32.9 Å². The number of hydrogen-bond acceptors (Lipinski definition) is 4. The molecule has 4 nitrogen and oxygen atoms in total. The van der Waals surface area contributed by atoms with Crippen LogP contribution in [0.5, 0.6) is 0 Å². The molecule has 25 heavy (non-hydrogen) atoms. The molecule has 5 atom stereocenters. The molecule has 1 saturated heterocycles. The number of hydrogen-bond donors (Lipinski definition) is 0. The van der Waals surface area contributed by atoms with E-state index in [1.807, 2.05) is 0 Å². The Balaban J connectivity index is 1.95. The highest BCUT2D eigenvalue weighted by Gasteiger charge is 2.60. The van der Waals surface area contributed by atoms with Gasteiger partial charge in [-0.05, 0) is 54.8 Å². The molecule has 5 unspecified atom stereocenters. The van der Waals surface area contributed by atoms with Gasteiger partial charge in [0.15, 0.2) is 0 Å². The number of methoxy groups -OCH3 is 1. The predicted octanol–water partition coefficient (Wildman–Crippen LogP) is 4.14. The van der Waals surface area contributed by atoms with E-state index < -0.39 is 0 Å². The fourth-order valence-corrected chi connectivity index (χ4v) is 6.15. The normalized spacial score (nSPS) is 40.3. The van der Waals surface area contributed by atoms with Crippen molar-refractivity contribution in [1.82, 2.24) is 0 Å². The van der Waals surface area contributed by atoms with E-state index in [9.17, 15) is 9.59 Å². The van der Waals surface area contributed by atoms with Gasteiger partial charge < -0.3 is 9.47 Å². The zero-order chi connectivity index (χ0) is 18.4. The molecule has 0 radical (unpaired) electrons. The van der Waals surface area contributed by atoms with E-state index in [-0.39, 0.29) is 41.0 Å². The van der Waals surface area contributed by atoms with Crippen LogP contribution in [0.1, 0.15) is 59.3 Å². The molecular formula is C21H32O4. The van der Waals surface area contributed by atoms with Crippen molar-refractivity contribution in [2.24, 2.45) is 34.5 Å². The van der Waals surface area contributed by atoms with Gasteiger partial charge in [-0.25, -0.2) is 0 Å². The van der Waals surface area contributed by atoms with Gasteiger partial charge in [-0.2, -0.15) is 0 Å². The van der Waals surface area contributed by atoms with Gasteiger partial charge in [0.2, 0.25) is 0 Å². The maximum atomic E-state index is 12.7. The lowest BCUT2D eigenvalue weighted by atomic mass is 9.60. The van der Waals surface area contributed by atoms with E-state index >= 15 is 0 Å². The summed E-state index contributed by atoms with van der Waals surface area (Å²) in [7, 11) is 1.40. The summed E-state index contributed by atoms with van der Waals surface area (Å²) >= 11 is 0. The molecule has 0 N–H and O–H groups in total. The molecule has 0 aromatic rings. The summed E-state index contributed by atoms with van der Waals surface area (Å²) in [6.45, 7) is 11.7. The number of carbonyl (C=O) groups is 2. The first kappa shape index (κ1) is 18.5. The first-order valence-electron chi connectivity index (χ1n) is 9.62. The number of ether oxygens (including phenoxy) is 2. The van der Waals surface area contributed by atoms with E-state index in [2.05, 4.69) is 27.4 Å². The molecule has 0 amide bonds. The van der Waals surface area contributed by atoms with Gasteiger partial charge in [0.05, 0.1) is 26.1 Å². The Labute approximate surface area is 151 Å². The summed E-state index contributed by atoms with van der Waals surface area (Å²) in [5.74, 6) is 0.189. The van der Waals surface area contributed by atoms with Crippen LogP contribution in [-0.4, -0.2) is 25.7 Å². The SMILES string of the molecule is C=C1CCCC(C)(C)C2CCC(C)(C3C(=O)OCC3CC(=O)OC)C12. The van der Waals surface area contributed by atoms with Crippen molar-refractivity contribution < 1.29 is 19.1 Å². The maximum absolute atomic E-state index is 12.7. The molecule has 2 saturated carbocycles. The van der Waals surface area contributed by atoms with Gasteiger partial charge >= 0.3 is 11.9 Å². The summed E-state index contributed by atoms with van der Waals surface area (Å²) in [6, 6.07) is 0. The Morgan fingerprint density at radius 2 is 2.00 bits per heavy atom. The number of fused-ring (bicyclic) bond motifs is 1. The fourth-order valence-electron chi connectivity index (χ4n) is 6.15. The van der Waals surface area contributed by atoms with E-state index in [0.29, 0.717) is 18.4 Å². The van der Waals surface area contributed by atoms with Gasteiger partial charge in [-0.3, -0.25) is 9.59 Å². The molecule has 1 aliphatic heterocycles. The van der Waals surface area contributed by atoms with E-state index in [1.54, 1.807) is 0 Å². The summed E-state index contributed by atoms with van der Waals surface area (Å²) in [6.07, 6.45) is 5.82. The highest BCUT2D eigenvalue weighted by atomic mass is 16.5. The molecule has 3 rings (SSSR count). The van der Waals surface area contributed by atoms with Crippen molar-refractivity contribution in [3.63, 3.8) is 0 Å². The van der Waals surface area contributed by atoms with Gasteiger partial charge in [0.1, 0.15) is 0 Å². The third-order valence-corrected chi connectivity index (χ3v) is 7.40. The monoisotopic (exact) mass is 348 g/mol. The number of rotatable bonds is 3. The quantitative estimate of drug-likeness (QED) is 0.568. The second-order valence-electron chi connectivity index (χ2n) is 9.28. The Morgan fingerprint density at radius 3 is 2.68 bits per heavy atom. The average Bonchev–Trinajstić information content (AvgIpc) is 3.04. The zero-order valence-electron chi connectivity index (χ0n) is 16.1. The van der Waals surface area contributed by atoms with Crippen molar-refractivity contribution in [3.8, 4) is 0 Å².